The fourth-order valence-corrected chi connectivity index (χ4v) is 2.72. The average molecular weight is 343 g/mol. The van der Waals surface area contributed by atoms with Gasteiger partial charge in [0.05, 0.1) is 18.2 Å². The van der Waals surface area contributed by atoms with Crippen LogP contribution in [0.5, 0.6) is 0 Å². The number of hydrogen-bond donors (Lipinski definition) is 4. The molecular weight excluding hydrogens is 322 g/mol. The SMILES string of the molecule is Cc1[nH]c(=O)[nH]c(=O)c1/C=C\C(=O)N[C@H](CO)C[S@@](=O)C(C)C. The minimum absolute atomic E-state index is 0.0705. The predicted molar refractivity (Wildman–Crippen MR) is 88.6 cm³/mol. The second kappa shape index (κ2) is 8.59. The first-order valence-electron chi connectivity index (χ1n) is 7.04. The zero-order valence-corrected chi connectivity index (χ0v) is 14.0. The van der Waals surface area contributed by atoms with Crippen LogP contribution in [-0.2, 0) is 15.6 Å². The lowest BCUT2D eigenvalue weighted by Gasteiger charge is -2.16. The lowest BCUT2D eigenvalue weighted by Crippen LogP contribution is -2.41. The van der Waals surface area contributed by atoms with E-state index in [9.17, 15) is 23.7 Å². The van der Waals surface area contributed by atoms with Crippen LogP contribution in [0.15, 0.2) is 15.7 Å². The molecule has 1 aromatic heterocycles. The van der Waals surface area contributed by atoms with Gasteiger partial charge in [-0.25, -0.2) is 4.79 Å². The molecule has 1 heterocycles. The summed E-state index contributed by atoms with van der Waals surface area (Å²) in [5.74, 6) is -0.388. The zero-order valence-electron chi connectivity index (χ0n) is 13.2. The zero-order chi connectivity index (χ0) is 17.6. The fourth-order valence-electron chi connectivity index (χ4n) is 1.75. The van der Waals surface area contributed by atoms with Crippen molar-refractivity contribution in [1.82, 2.24) is 15.3 Å². The summed E-state index contributed by atoms with van der Waals surface area (Å²) in [6.45, 7) is 4.78. The second-order valence-electron chi connectivity index (χ2n) is 5.26. The van der Waals surface area contributed by atoms with Crippen molar-refractivity contribution in [1.29, 1.82) is 0 Å². The average Bonchev–Trinajstić information content (AvgIpc) is 2.44. The molecule has 4 N–H and O–H groups in total. The third-order valence-corrected chi connectivity index (χ3v) is 4.82. The molecule has 0 saturated heterocycles. The molecule has 2 atom stereocenters. The van der Waals surface area contributed by atoms with Crippen molar-refractivity contribution in [2.24, 2.45) is 0 Å². The molecule has 23 heavy (non-hydrogen) atoms. The van der Waals surface area contributed by atoms with E-state index in [1.54, 1.807) is 13.8 Å². The van der Waals surface area contributed by atoms with Crippen LogP contribution in [0.3, 0.4) is 0 Å². The molecule has 0 aliphatic carbocycles. The molecule has 1 aromatic rings. The topological polar surface area (TPSA) is 132 Å². The number of aliphatic hydroxyl groups is 1. The number of aromatic amines is 2. The second-order valence-corrected chi connectivity index (χ2v) is 7.30. The van der Waals surface area contributed by atoms with Gasteiger partial charge in [-0.05, 0) is 13.0 Å². The summed E-state index contributed by atoms with van der Waals surface area (Å²) >= 11 is 0. The first-order valence-corrected chi connectivity index (χ1v) is 8.42. The van der Waals surface area contributed by atoms with E-state index in [0.29, 0.717) is 5.69 Å². The molecule has 0 unspecified atom stereocenters. The maximum absolute atomic E-state index is 11.8. The molecule has 0 spiro atoms. The standard InChI is InChI=1S/C14H21N3O5S/c1-8(2)23(22)7-10(6-18)16-12(19)5-4-11-9(3)15-14(21)17-13(11)20/h4-5,8,10,18H,6-7H2,1-3H3,(H,16,19)(H2,15,17,20,21)/b5-4-/t10-,23-/m1/s1. The Hall–Kier alpha value is -2.00. The fraction of sp³-hybridized carbons (Fsp3) is 0.500. The lowest BCUT2D eigenvalue weighted by molar-refractivity contribution is -0.117. The minimum Gasteiger partial charge on any atom is -0.394 e. The number of aryl methyl sites for hydroxylation is 1. The number of H-pyrrole nitrogens is 2. The van der Waals surface area contributed by atoms with Crippen LogP contribution < -0.4 is 16.6 Å². The Morgan fingerprint density at radius 1 is 1.35 bits per heavy atom. The first kappa shape index (κ1) is 19.0. The van der Waals surface area contributed by atoms with Crippen molar-refractivity contribution in [3.05, 3.63) is 38.2 Å². The molecule has 0 saturated carbocycles. The van der Waals surface area contributed by atoms with E-state index in [1.807, 2.05) is 0 Å². The number of hydrogen-bond acceptors (Lipinski definition) is 5. The highest BCUT2D eigenvalue weighted by molar-refractivity contribution is 7.85. The molecule has 128 valence electrons. The maximum Gasteiger partial charge on any atom is 0.325 e. The van der Waals surface area contributed by atoms with Crippen molar-refractivity contribution in [2.75, 3.05) is 12.4 Å². The summed E-state index contributed by atoms with van der Waals surface area (Å²) < 4.78 is 11.7. The van der Waals surface area contributed by atoms with Gasteiger partial charge in [0.15, 0.2) is 0 Å². The van der Waals surface area contributed by atoms with Gasteiger partial charge >= 0.3 is 5.69 Å². The van der Waals surface area contributed by atoms with Gasteiger partial charge in [-0.3, -0.25) is 18.8 Å². The maximum atomic E-state index is 11.8. The molecule has 1 rings (SSSR count). The van der Waals surface area contributed by atoms with E-state index in [0.717, 1.165) is 6.08 Å². The van der Waals surface area contributed by atoms with Crippen LogP contribution in [0.4, 0.5) is 0 Å². The molecule has 0 aliphatic rings. The lowest BCUT2D eigenvalue weighted by atomic mass is 10.2. The van der Waals surface area contributed by atoms with Crippen LogP contribution >= 0.6 is 0 Å². The number of aromatic nitrogens is 2. The highest BCUT2D eigenvalue weighted by Crippen LogP contribution is 2.00. The van der Waals surface area contributed by atoms with E-state index >= 15 is 0 Å². The van der Waals surface area contributed by atoms with E-state index in [2.05, 4.69) is 15.3 Å². The Labute approximate surface area is 135 Å². The Kier molecular flexibility index (Phi) is 7.11. The molecule has 0 bridgehead atoms. The summed E-state index contributed by atoms with van der Waals surface area (Å²) in [6.07, 6.45) is 2.39. The van der Waals surface area contributed by atoms with Gasteiger partial charge in [-0.2, -0.15) is 0 Å². The number of aliphatic hydroxyl groups excluding tert-OH is 1. The van der Waals surface area contributed by atoms with Crippen LogP contribution in [0, 0.1) is 6.92 Å². The highest BCUT2D eigenvalue weighted by Gasteiger charge is 2.15. The predicted octanol–water partition coefficient (Wildman–Crippen LogP) is -0.981. The monoisotopic (exact) mass is 343 g/mol. The summed E-state index contributed by atoms with van der Waals surface area (Å²) in [7, 11) is -1.16. The number of nitrogens with one attached hydrogen (secondary N) is 3. The molecule has 0 fully saturated rings. The third-order valence-electron chi connectivity index (χ3n) is 3.04. The van der Waals surface area contributed by atoms with Crippen LogP contribution in [0.25, 0.3) is 6.08 Å². The smallest absolute Gasteiger partial charge is 0.325 e. The van der Waals surface area contributed by atoms with E-state index in [1.165, 1.54) is 13.0 Å². The van der Waals surface area contributed by atoms with Crippen molar-refractivity contribution in [2.45, 2.75) is 32.1 Å². The molecular formula is C14H21N3O5S. The largest absolute Gasteiger partial charge is 0.394 e. The van der Waals surface area contributed by atoms with Crippen molar-refractivity contribution < 1.29 is 14.1 Å². The molecule has 9 heteroatoms. The number of carbonyl (C=O) groups excluding carboxylic acids is 1. The third kappa shape index (κ3) is 5.95. The normalized spacial score (nSPS) is 14.1. The summed E-state index contributed by atoms with van der Waals surface area (Å²) in [5, 5.41) is 11.7. The van der Waals surface area contributed by atoms with E-state index in [4.69, 9.17) is 0 Å². The van der Waals surface area contributed by atoms with Gasteiger partial charge in [0.25, 0.3) is 5.56 Å². The Bertz CT molecular complexity index is 720. The van der Waals surface area contributed by atoms with Crippen LogP contribution in [-0.4, -0.2) is 48.8 Å². The van der Waals surface area contributed by atoms with Crippen molar-refractivity contribution in [3.63, 3.8) is 0 Å². The van der Waals surface area contributed by atoms with Gasteiger partial charge in [-0.1, -0.05) is 13.8 Å². The Morgan fingerprint density at radius 3 is 2.52 bits per heavy atom. The summed E-state index contributed by atoms with van der Waals surface area (Å²) in [5.41, 5.74) is -0.728. The minimum atomic E-state index is -1.16. The Morgan fingerprint density at radius 2 is 2.00 bits per heavy atom. The van der Waals surface area contributed by atoms with E-state index < -0.39 is 34.0 Å². The van der Waals surface area contributed by atoms with Crippen molar-refractivity contribution >= 4 is 22.8 Å². The number of carbonyl (C=O) groups is 1. The van der Waals surface area contributed by atoms with Gasteiger partial charge in [-0.15, -0.1) is 0 Å². The molecule has 0 aromatic carbocycles. The van der Waals surface area contributed by atoms with Gasteiger partial charge in [0, 0.05) is 33.6 Å². The van der Waals surface area contributed by atoms with Gasteiger partial charge in [0.1, 0.15) is 0 Å². The summed E-state index contributed by atoms with van der Waals surface area (Å²) in [4.78, 5) is 39.0. The van der Waals surface area contributed by atoms with Gasteiger partial charge < -0.3 is 15.4 Å². The molecule has 0 aliphatic heterocycles. The number of rotatable bonds is 7. The quantitative estimate of drug-likeness (QED) is 0.472. The summed E-state index contributed by atoms with van der Waals surface area (Å²) in [6, 6.07) is -0.634. The molecule has 8 nitrogen and oxygen atoms in total. The Balaban J connectivity index is 2.78. The number of amides is 1. The van der Waals surface area contributed by atoms with Crippen molar-refractivity contribution in [3.8, 4) is 0 Å². The van der Waals surface area contributed by atoms with Crippen LogP contribution in [0.1, 0.15) is 25.1 Å². The molecule has 1 amide bonds. The van der Waals surface area contributed by atoms with Crippen LogP contribution in [0.2, 0.25) is 0 Å². The van der Waals surface area contributed by atoms with E-state index in [-0.39, 0.29) is 23.2 Å². The first-order chi connectivity index (χ1) is 10.7. The highest BCUT2D eigenvalue weighted by atomic mass is 32.2. The van der Waals surface area contributed by atoms with Gasteiger partial charge in [0.2, 0.25) is 5.91 Å². The molecule has 0 radical (unpaired) electrons.